The van der Waals surface area contributed by atoms with Crippen LogP contribution in [0.3, 0.4) is 0 Å². The zero-order valence-electron chi connectivity index (χ0n) is 63.4. The van der Waals surface area contributed by atoms with Crippen molar-refractivity contribution in [2.24, 2.45) is 11.8 Å². The van der Waals surface area contributed by atoms with Crippen molar-refractivity contribution in [3.05, 3.63) is 0 Å². The van der Waals surface area contributed by atoms with Crippen molar-refractivity contribution in [2.75, 3.05) is 39.6 Å². The molecule has 17 nitrogen and oxygen atoms in total. The van der Waals surface area contributed by atoms with Crippen molar-refractivity contribution in [1.29, 1.82) is 0 Å². The summed E-state index contributed by atoms with van der Waals surface area (Å²) in [6, 6.07) is 0. The Hall–Kier alpha value is -1.94. The van der Waals surface area contributed by atoms with Crippen LogP contribution >= 0.6 is 15.6 Å². The zero-order valence-corrected chi connectivity index (χ0v) is 65.2. The van der Waals surface area contributed by atoms with Gasteiger partial charge in [-0.25, -0.2) is 9.13 Å². The van der Waals surface area contributed by atoms with Crippen molar-refractivity contribution in [1.82, 2.24) is 0 Å². The smallest absolute Gasteiger partial charge is 0.462 e. The number of hydrogen-bond acceptors (Lipinski definition) is 15. The van der Waals surface area contributed by atoms with E-state index in [1.165, 1.54) is 225 Å². The van der Waals surface area contributed by atoms with Gasteiger partial charge in [-0.1, -0.05) is 356 Å². The van der Waals surface area contributed by atoms with Crippen molar-refractivity contribution in [2.45, 2.75) is 426 Å². The summed E-state index contributed by atoms with van der Waals surface area (Å²) < 4.78 is 68.6. The molecule has 97 heavy (non-hydrogen) atoms. The number of phosphoric acid groups is 2. The normalized spacial score (nSPS) is 14.0. The molecule has 0 heterocycles. The monoisotopic (exact) mass is 1420 g/mol. The van der Waals surface area contributed by atoms with Gasteiger partial charge in [0.05, 0.1) is 26.4 Å². The molecule has 0 spiro atoms. The summed E-state index contributed by atoms with van der Waals surface area (Å²) in [5, 5.41) is 10.6. The molecule has 0 aliphatic heterocycles. The third-order valence-corrected chi connectivity index (χ3v) is 20.1. The average molecular weight is 1420 g/mol. The van der Waals surface area contributed by atoms with E-state index in [0.29, 0.717) is 25.7 Å². The molecular weight excluding hydrogens is 1270 g/mol. The second-order valence-corrected chi connectivity index (χ2v) is 32.0. The topological polar surface area (TPSA) is 237 Å². The summed E-state index contributed by atoms with van der Waals surface area (Å²) in [6.07, 6.45) is 58.1. The molecule has 5 atom stereocenters. The van der Waals surface area contributed by atoms with Gasteiger partial charge in [-0.15, -0.1) is 0 Å². The van der Waals surface area contributed by atoms with Crippen LogP contribution in [0.5, 0.6) is 0 Å². The number of aliphatic hydroxyl groups is 1. The molecule has 0 rings (SSSR count). The van der Waals surface area contributed by atoms with E-state index in [1.54, 1.807) is 0 Å². The van der Waals surface area contributed by atoms with Gasteiger partial charge in [0.25, 0.3) is 0 Å². The van der Waals surface area contributed by atoms with Crippen molar-refractivity contribution >= 4 is 39.5 Å². The molecule has 0 saturated heterocycles. The molecule has 0 aromatic carbocycles. The number of ether oxygens (including phenoxy) is 4. The molecule has 0 aromatic heterocycles. The largest absolute Gasteiger partial charge is 0.472 e. The van der Waals surface area contributed by atoms with Crippen LogP contribution in [-0.2, 0) is 65.4 Å². The number of rotatable bonds is 77. The molecule has 0 radical (unpaired) electrons. The number of esters is 4. The highest BCUT2D eigenvalue weighted by molar-refractivity contribution is 7.47. The zero-order chi connectivity index (χ0) is 71.4. The van der Waals surface area contributed by atoms with E-state index in [0.717, 1.165) is 102 Å². The molecule has 576 valence electrons. The van der Waals surface area contributed by atoms with Gasteiger partial charge < -0.3 is 33.8 Å². The lowest BCUT2D eigenvalue weighted by molar-refractivity contribution is -0.161. The van der Waals surface area contributed by atoms with E-state index >= 15 is 0 Å². The van der Waals surface area contributed by atoms with Crippen molar-refractivity contribution in [3.63, 3.8) is 0 Å². The van der Waals surface area contributed by atoms with Gasteiger partial charge in [0.1, 0.15) is 19.3 Å². The molecule has 0 aromatic rings. The molecule has 0 amide bonds. The van der Waals surface area contributed by atoms with Gasteiger partial charge in [0.15, 0.2) is 12.2 Å². The summed E-state index contributed by atoms with van der Waals surface area (Å²) >= 11 is 0. The van der Waals surface area contributed by atoms with Crippen LogP contribution < -0.4 is 0 Å². The summed E-state index contributed by atoms with van der Waals surface area (Å²) in [6.45, 7) is 9.65. The number of unbranched alkanes of at least 4 members (excludes halogenated alkanes) is 47. The fraction of sp³-hybridized carbons (Fsp3) is 0.949. The molecule has 3 N–H and O–H groups in total. The molecule has 0 bridgehead atoms. The summed E-state index contributed by atoms with van der Waals surface area (Å²) in [4.78, 5) is 72.9. The van der Waals surface area contributed by atoms with Gasteiger partial charge in [-0.3, -0.25) is 37.3 Å². The third-order valence-electron chi connectivity index (χ3n) is 18.2. The number of phosphoric ester groups is 2. The highest BCUT2D eigenvalue weighted by Gasteiger charge is 2.30. The van der Waals surface area contributed by atoms with Crippen LogP contribution in [-0.4, -0.2) is 96.7 Å². The summed E-state index contributed by atoms with van der Waals surface area (Å²) in [7, 11) is -9.91. The first-order valence-electron chi connectivity index (χ1n) is 40.5. The van der Waals surface area contributed by atoms with Gasteiger partial charge >= 0.3 is 39.5 Å². The Bertz CT molecular complexity index is 1870. The first-order chi connectivity index (χ1) is 46.9. The summed E-state index contributed by atoms with van der Waals surface area (Å²) in [5.41, 5.74) is 0. The van der Waals surface area contributed by atoms with Crippen molar-refractivity contribution < 1.29 is 80.2 Å². The number of hydrogen-bond donors (Lipinski definition) is 3. The lowest BCUT2D eigenvalue weighted by atomic mass is 10.0. The highest BCUT2D eigenvalue weighted by atomic mass is 31.2. The highest BCUT2D eigenvalue weighted by Crippen LogP contribution is 2.45. The Morgan fingerprint density at radius 1 is 0.278 bits per heavy atom. The maximum Gasteiger partial charge on any atom is 0.472 e. The van der Waals surface area contributed by atoms with E-state index in [2.05, 4.69) is 41.5 Å². The second-order valence-electron chi connectivity index (χ2n) is 29.1. The number of carbonyl (C=O) groups is 4. The van der Waals surface area contributed by atoms with Crippen LogP contribution in [0.15, 0.2) is 0 Å². The van der Waals surface area contributed by atoms with Crippen LogP contribution in [0.1, 0.15) is 408 Å². The van der Waals surface area contributed by atoms with Gasteiger partial charge in [-0.05, 0) is 37.5 Å². The van der Waals surface area contributed by atoms with Crippen LogP contribution in [0.2, 0.25) is 0 Å². The van der Waals surface area contributed by atoms with Gasteiger partial charge in [0.2, 0.25) is 0 Å². The predicted molar refractivity (Wildman–Crippen MR) is 395 cm³/mol. The van der Waals surface area contributed by atoms with Crippen LogP contribution in [0, 0.1) is 11.8 Å². The van der Waals surface area contributed by atoms with Gasteiger partial charge in [0, 0.05) is 25.7 Å². The van der Waals surface area contributed by atoms with E-state index in [-0.39, 0.29) is 25.7 Å². The molecule has 19 heteroatoms. The van der Waals surface area contributed by atoms with Gasteiger partial charge in [-0.2, -0.15) is 0 Å². The Kier molecular flexibility index (Phi) is 68.4. The molecule has 0 aliphatic carbocycles. The number of aliphatic hydroxyl groups excluding tert-OH is 1. The lowest BCUT2D eigenvalue weighted by Gasteiger charge is -2.21. The minimum Gasteiger partial charge on any atom is -0.462 e. The molecular formula is C78H152O17P2. The van der Waals surface area contributed by atoms with Crippen LogP contribution in [0.25, 0.3) is 0 Å². The summed E-state index contributed by atoms with van der Waals surface area (Å²) in [5.74, 6) is -0.517. The van der Waals surface area contributed by atoms with Crippen molar-refractivity contribution in [3.8, 4) is 0 Å². The fourth-order valence-corrected chi connectivity index (χ4v) is 13.6. The average Bonchev–Trinajstić information content (AvgIpc) is 1.05. The number of carbonyl (C=O) groups excluding carboxylic acids is 4. The predicted octanol–water partition coefficient (Wildman–Crippen LogP) is 23.1. The maximum absolute atomic E-state index is 13.1. The van der Waals surface area contributed by atoms with E-state index in [1.807, 2.05) is 0 Å². The minimum absolute atomic E-state index is 0.108. The van der Waals surface area contributed by atoms with E-state index in [4.69, 9.17) is 37.0 Å². The Morgan fingerprint density at radius 2 is 0.474 bits per heavy atom. The van der Waals surface area contributed by atoms with E-state index < -0.39 is 97.5 Å². The second kappa shape index (κ2) is 69.8. The lowest BCUT2D eigenvalue weighted by Crippen LogP contribution is -2.30. The van der Waals surface area contributed by atoms with E-state index in [9.17, 15) is 43.2 Å². The quantitative estimate of drug-likeness (QED) is 0.0222. The SMILES string of the molecule is CCCCCCCCCCCCCCCCC(=O)O[C@H](COC(=O)CCCCCCCCCCC)COP(=O)(O)OC[C@H](O)COP(=O)(O)OC[C@@H](COC(=O)CCCCCCCCCCCCCCCCC(C)C)OC(=O)CCCCCCCCCCCCCCCCC(C)C. The minimum atomic E-state index is -4.96. The Labute approximate surface area is 594 Å². The van der Waals surface area contributed by atoms with Crippen LogP contribution in [0.4, 0.5) is 0 Å². The molecule has 0 aliphatic rings. The maximum atomic E-state index is 13.1. The molecule has 0 saturated carbocycles. The molecule has 0 fully saturated rings. The fourth-order valence-electron chi connectivity index (χ4n) is 12.0. The Morgan fingerprint density at radius 3 is 0.701 bits per heavy atom. The first kappa shape index (κ1) is 95.1. The molecule has 2 unspecified atom stereocenters. The standard InChI is InChI=1S/C78H152O17P2/c1-7-9-11-13-15-17-18-19-26-32-38-44-50-56-62-77(82)94-73(66-88-75(80)60-54-48-42-34-16-14-12-10-8-2)68-92-96(84,85)90-64-72(79)65-91-97(86,87)93-69-74(95-78(83)63-57-51-45-39-33-28-23-21-25-30-36-41-47-53-59-71(5)6)67-89-76(81)61-55-49-43-37-31-27-22-20-24-29-35-40-46-52-58-70(3)4/h70-74,79H,7-69H2,1-6H3,(H,84,85)(H,86,87)/t72-,73+,74+/m0/s1. The third kappa shape index (κ3) is 72.2. The first-order valence-corrected chi connectivity index (χ1v) is 43.5. The Balaban J connectivity index is 5.23.